The van der Waals surface area contributed by atoms with Crippen molar-refractivity contribution in [3.8, 4) is 0 Å². The van der Waals surface area contributed by atoms with Gasteiger partial charge in [-0.2, -0.15) is 0 Å². The number of amides is 1. The van der Waals surface area contributed by atoms with E-state index in [-0.39, 0.29) is 5.91 Å². The maximum absolute atomic E-state index is 11.7. The van der Waals surface area contributed by atoms with Gasteiger partial charge in [-0.15, -0.1) is 0 Å². The molecule has 1 aromatic carbocycles. The van der Waals surface area contributed by atoms with Crippen LogP contribution in [0.15, 0.2) is 18.2 Å². The van der Waals surface area contributed by atoms with Crippen LogP contribution in [0.4, 0.5) is 5.69 Å². The summed E-state index contributed by atoms with van der Waals surface area (Å²) in [6, 6.07) is 5.93. The molecule has 3 heteroatoms. The van der Waals surface area contributed by atoms with Gasteiger partial charge >= 0.3 is 0 Å². The predicted octanol–water partition coefficient (Wildman–Crippen LogP) is 2.49. The van der Waals surface area contributed by atoms with Crippen molar-refractivity contribution in [2.75, 3.05) is 18.4 Å². The van der Waals surface area contributed by atoms with E-state index in [4.69, 9.17) is 0 Å². The summed E-state index contributed by atoms with van der Waals surface area (Å²) in [5.74, 6) is 0.572. The summed E-state index contributed by atoms with van der Waals surface area (Å²) in [6.07, 6.45) is 0. The predicted molar refractivity (Wildman–Crippen MR) is 72.3 cm³/mol. The Kier molecular flexibility index (Phi) is 5.16. The minimum absolute atomic E-state index is 0.0133. The Labute approximate surface area is 104 Å². The van der Waals surface area contributed by atoms with Gasteiger partial charge in [0.25, 0.3) is 0 Å². The highest BCUT2D eigenvalue weighted by molar-refractivity contribution is 5.93. The van der Waals surface area contributed by atoms with E-state index in [1.54, 1.807) is 0 Å². The summed E-state index contributed by atoms with van der Waals surface area (Å²) in [6.45, 7) is 9.53. The van der Waals surface area contributed by atoms with Crippen molar-refractivity contribution in [2.45, 2.75) is 27.7 Å². The monoisotopic (exact) mass is 234 g/mol. The Balaban J connectivity index is 2.48. The smallest absolute Gasteiger partial charge is 0.238 e. The second-order valence-corrected chi connectivity index (χ2v) is 4.82. The van der Waals surface area contributed by atoms with Crippen LogP contribution in [0, 0.1) is 19.8 Å². The molecule has 0 fully saturated rings. The Morgan fingerprint density at radius 2 is 2.00 bits per heavy atom. The maximum Gasteiger partial charge on any atom is 0.238 e. The van der Waals surface area contributed by atoms with Crippen molar-refractivity contribution in [1.29, 1.82) is 0 Å². The Morgan fingerprint density at radius 3 is 2.65 bits per heavy atom. The largest absolute Gasteiger partial charge is 0.325 e. The van der Waals surface area contributed by atoms with E-state index in [0.717, 1.165) is 17.8 Å². The highest BCUT2D eigenvalue weighted by atomic mass is 16.1. The number of carbonyl (C=O) groups excluding carboxylic acids is 1. The van der Waals surface area contributed by atoms with Crippen LogP contribution in [0.3, 0.4) is 0 Å². The number of anilines is 1. The zero-order valence-electron chi connectivity index (χ0n) is 11.1. The second-order valence-electron chi connectivity index (χ2n) is 4.82. The number of hydrogen-bond donors (Lipinski definition) is 2. The lowest BCUT2D eigenvalue weighted by atomic mass is 10.1. The highest BCUT2D eigenvalue weighted by Crippen LogP contribution is 2.17. The molecule has 0 saturated heterocycles. The van der Waals surface area contributed by atoms with E-state index in [1.807, 2.05) is 32.0 Å². The summed E-state index contributed by atoms with van der Waals surface area (Å²) < 4.78 is 0. The van der Waals surface area contributed by atoms with Gasteiger partial charge in [0.15, 0.2) is 0 Å². The fourth-order valence-electron chi connectivity index (χ4n) is 1.56. The number of hydrogen-bond acceptors (Lipinski definition) is 2. The van der Waals surface area contributed by atoms with E-state index in [9.17, 15) is 4.79 Å². The summed E-state index contributed by atoms with van der Waals surface area (Å²) in [5.41, 5.74) is 3.23. The van der Waals surface area contributed by atoms with Crippen molar-refractivity contribution in [3.05, 3.63) is 29.3 Å². The molecule has 17 heavy (non-hydrogen) atoms. The average Bonchev–Trinajstić information content (AvgIpc) is 2.24. The lowest BCUT2D eigenvalue weighted by molar-refractivity contribution is -0.115. The summed E-state index contributed by atoms with van der Waals surface area (Å²) in [4.78, 5) is 11.7. The molecule has 0 spiro atoms. The van der Waals surface area contributed by atoms with Gasteiger partial charge in [0.1, 0.15) is 0 Å². The minimum atomic E-state index is 0.0133. The topological polar surface area (TPSA) is 41.1 Å². The van der Waals surface area contributed by atoms with Crippen LogP contribution in [0.5, 0.6) is 0 Å². The van der Waals surface area contributed by atoms with Crippen LogP contribution in [0.2, 0.25) is 0 Å². The average molecular weight is 234 g/mol. The molecule has 0 aliphatic heterocycles. The van der Waals surface area contributed by atoms with E-state index in [2.05, 4.69) is 24.5 Å². The molecule has 1 rings (SSSR count). The van der Waals surface area contributed by atoms with Gasteiger partial charge in [0.05, 0.1) is 6.54 Å². The Morgan fingerprint density at radius 1 is 1.29 bits per heavy atom. The summed E-state index contributed by atoms with van der Waals surface area (Å²) in [7, 11) is 0. The quantitative estimate of drug-likeness (QED) is 0.822. The van der Waals surface area contributed by atoms with Crippen LogP contribution in [-0.4, -0.2) is 19.0 Å². The molecule has 0 radical (unpaired) electrons. The number of benzene rings is 1. The number of rotatable bonds is 5. The zero-order valence-corrected chi connectivity index (χ0v) is 11.1. The minimum Gasteiger partial charge on any atom is -0.325 e. The van der Waals surface area contributed by atoms with Crippen molar-refractivity contribution in [1.82, 2.24) is 5.32 Å². The third-order valence-electron chi connectivity index (χ3n) is 2.72. The third-order valence-corrected chi connectivity index (χ3v) is 2.72. The van der Waals surface area contributed by atoms with Crippen molar-refractivity contribution >= 4 is 11.6 Å². The number of nitrogens with one attached hydrogen (secondary N) is 2. The lowest BCUT2D eigenvalue weighted by Gasteiger charge is -2.11. The maximum atomic E-state index is 11.7. The molecule has 0 atom stereocenters. The SMILES string of the molecule is Cc1cccc(NC(=O)CNCC(C)C)c1C. The van der Waals surface area contributed by atoms with Gasteiger partial charge in [0, 0.05) is 5.69 Å². The molecule has 94 valence electrons. The van der Waals surface area contributed by atoms with Gasteiger partial charge in [-0.25, -0.2) is 0 Å². The highest BCUT2D eigenvalue weighted by Gasteiger charge is 2.05. The molecule has 0 aliphatic carbocycles. The zero-order chi connectivity index (χ0) is 12.8. The molecule has 1 amide bonds. The molecule has 0 aliphatic rings. The van der Waals surface area contributed by atoms with Gasteiger partial charge in [-0.05, 0) is 43.5 Å². The normalized spacial score (nSPS) is 10.6. The molecule has 0 aromatic heterocycles. The molecular formula is C14H22N2O. The third kappa shape index (κ3) is 4.57. The van der Waals surface area contributed by atoms with Crippen LogP contribution < -0.4 is 10.6 Å². The fourth-order valence-corrected chi connectivity index (χ4v) is 1.56. The fraction of sp³-hybridized carbons (Fsp3) is 0.500. The summed E-state index contributed by atoms with van der Waals surface area (Å²) in [5, 5.41) is 6.05. The molecular weight excluding hydrogens is 212 g/mol. The van der Waals surface area contributed by atoms with Gasteiger partial charge in [-0.3, -0.25) is 4.79 Å². The van der Waals surface area contributed by atoms with Gasteiger partial charge in [0.2, 0.25) is 5.91 Å². The first-order valence-electron chi connectivity index (χ1n) is 6.07. The molecule has 0 saturated carbocycles. The van der Waals surface area contributed by atoms with Crippen LogP contribution >= 0.6 is 0 Å². The Bertz CT molecular complexity index is 386. The molecule has 2 N–H and O–H groups in total. The summed E-state index contributed by atoms with van der Waals surface area (Å²) >= 11 is 0. The van der Waals surface area contributed by atoms with Crippen LogP contribution in [-0.2, 0) is 4.79 Å². The van der Waals surface area contributed by atoms with Gasteiger partial charge < -0.3 is 10.6 Å². The standard InChI is InChI=1S/C14H22N2O/c1-10(2)8-15-9-14(17)16-13-7-5-6-11(3)12(13)4/h5-7,10,15H,8-9H2,1-4H3,(H,16,17). The van der Waals surface area contributed by atoms with E-state index >= 15 is 0 Å². The van der Waals surface area contributed by atoms with Crippen molar-refractivity contribution < 1.29 is 4.79 Å². The van der Waals surface area contributed by atoms with E-state index in [0.29, 0.717) is 12.5 Å². The van der Waals surface area contributed by atoms with E-state index < -0.39 is 0 Å². The number of carbonyl (C=O) groups is 1. The first kappa shape index (κ1) is 13.7. The van der Waals surface area contributed by atoms with Gasteiger partial charge in [-0.1, -0.05) is 26.0 Å². The first-order chi connectivity index (χ1) is 8.00. The van der Waals surface area contributed by atoms with Crippen LogP contribution in [0.1, 0.15) is 25.0 Å². The molecule has 0 bridgehead atoms. The Hall–Kier alpha value is -1.35. The van der Waals surface area contributed by atoms with E-state index in [1.165, 1.54) is 5.56 Å². The number of aryl methyl sites for hydroxylation is 1. The molecule has 0 heterocycles. The first-order valence-corrected chi connectivity index (χ1v) is 6.07. The lowest BCUT2D eigenvalue weighted by Crippen LogP contribution is -2.30. The van der Waals surface area contributed by atoms with Crippen molar-refractivity contribution in [3.63, 3.8) is 0 Å². The molecule has 3 nitrogen and oxygen atoms in total. The molecule has 0 unspecified atom stereocenters. The van der Waals surface area contributed by atoms with Crippen LogP contribution in [0.25, 0.3) is 0 Å². The molecule has 1 aromatic rings. The second kappa shape index (κ2) is 6.40. The van der Waals surface area contributed by atoms with Crippen molar-refractivity contribution in [2.24, 2.45) is 5.92 Å².